The quantitative estimate of drug-likeness (QED) is 0.708. The van der Waals surface area contributed by atoms with Crippen LogP contribution in [0, 0.1) is 5.92 Å². The number of hydrogen-bond donors (Lipinski definition) is 3. The van der Waals surface area contributed by atoms with Crippen molar-refractivity contribution in [3.05, 3.63) is 29.8 Å². The van der Waals surface area contributed by atoms with Crippen LogP contribution in [0.2, 0.25) is 0 Å². The standard InChI is InChI=1S/C12H17N3O3S/c1-8(15-12(16)10-6-14-7-10)9-2-4-11(5-3-9)19(13,17)18/h2-5,8,10,14H,6-7H2,1H3,(H,15,16)(H2,13,17,18). The largest absolute Gasteiger partial charge is 0.349 e. The van der Waals surface area contributed by atoms with Crippen molar-refractivity contribution in [3.63, 3.8) is 0 Å². The Kier molecular flexibility index (Phi) is 3.88. The summed E-state index contributed by atoms with van der Waals surface area (Å²) >= 11 is 0. The van der Waals surface area contributed by atoms with E-state index >= 15 is 0 Å². The minimum atomic E-state index is -3.67. The number of amides is 1. The number of nitrogens with two attached hydrogens (primary N) is 1. The molecule has 19 heavy (non-hydrogen) atoms. The zero-order valence-corrected chi connectivity index (χ0v) is 11.4. The number of nitrogens with one attached hydrogen (secondary N) is 2. The van der Waals surface area contributed by atoms with Crippen molar-refractivity contribution in [2.75, 3.05) is 13.1 Å². The van der Waals surface area contributed by atoms with E-state index in [0.717, 1.165) is 5.56 Å². The minimum Gasteiger partial charge on any atom is -0.349 e. The lowest BCUT2D eigenvalue weighted by molar-refractivity contribution is -0.127. The molecular formula is C12H17N3O3S. The highest BCUT2D eigenvalue weighted by atomic mass is 32.2. The van der Waals surface area contributed by atoms with Crippen LogP contribution >= 0.6 is 0 Å². The van der Waals surface area contributed by atoms with Gasteiger partial charge in [-0.1, -0.05) is 12.1 Å². The maximum absolute atomic E-state index is 11.8. The molecule has 4 N–H and O–H groups in total. The number of carbonyl (C=O) groups is 1. The molecule has 1 fully saturated rings. The maximum atomic E-state index is 11.8. The zero-order valence-electron chi connectivity index (χ0n) is 10.6. The Morgan fingerprint density at radius 1 is 1.37 bits per heavy atom. The predicted octanol–water partition coefficient (Wildman–Crippen LogP) is -0.269. The third-order valence-electron chi connectivity index (χ3n) is 3.22. The summed E-state index contributed by atoms with van der Waals surface area (Å²) in [5.41, 5.74) is 0.841. The van der Waals surface area contributed by atoms with Crippen molar-refractivity contribution in [2.45, 2.75) is 17.9 Å². The van der Waals surface area contributed by atoms with Crippen molar-refractivity contribution in [1.29, 1.82) is 0 Å². The second kappa shape index (κ2) is 5.28. The topological polar surface area (TPSA) is 101 Å². The van der Waals surface area contributed by atoms with Gasteiger partial charge in [0.15, 0.2) is 0 Å². The lowest BCUT2D eigenvalue weighted by Gasteiger charge is -2.27. The lowest BCUT2D eigenvalue weighted by Crippen LogP contribution is -2.51. The van der Waals surface area contributed by atoms with Crippen LogP contribution in [0.25, 0.3) is 0 Å². The fourth-order valence-electron chi connectivity index (χ4n) is 1.83. The summed E-state index contributed by atoms with van der Waals surface area (Å²) in [6.45, 7) is 3.28. The zero-order chi connectivity index (χ0) is 14.0. The molecule has 0 aromatic heterocycles. The van der Waals surface area contributed by atoms with Gasteiger partial charge in [-0.05, 0) is 24.6 Å². The molecule has 1 aliphatic rings. The predicted molar refractivity (Wildman–Crippen MR) is 70.7 cm³/mol. The molecule has 0 saturated carbocycles. The monoisotopic (exact) mass is 283 g/mol. The molecule has 0 spiro atoms. The molecule has 7 heteroatoms. The minimum absolute atomic E-state index is 0.0155. The number of benzene rings is 1. The van der Waals surface area contributed by atoms with Crippen LogP contribution in [-0.4, -0.2) is 27.4 Å². The van der Waals surface area contributed by atoms with E-state index in [4.69, 9.17) is 5.14 Å². The number of rotatable bonds is 4. The summed E-state index contributed by atoms with van der Waals surface area (Å²) in [4.78, 5) is 11.8. The average molecular weight is 283 g/mol. The molecule has 2 rings (SSSR count). The van der Waals surface area contributed by atoms with E-state index in [0.29, 0.717) is 13.1 Å². The molecular weight excluding hydrogens is 266 g/mol. The first-order chi connectivity index (χ1) is 8.88. The summed E-state index contributed by atoms with van der Waals surface area (Å²) in [5, 5.41) is 11.0. The van der Waals surface area contributed by atoms with Crippen molar-refractivity contribution in [3.8, 4) is 0 Å². The van der Waals surface area contributed by atoms with Crippen molar-refractivity contribution >= 4 is 15.9 Å². The number of primary sulfonamides is 1. The van der Waals surface area contributed by atoms with E-state index in [1.165, 1.54) is 12.1 Å². The van der Waals surface area contributed by atoms with Gasteiger partial charge in [0.1, 0.15) is 0 Å². The molecule has 0 bridgehead atoms. The summed E-state index contributed by atoms with van der Waals surface area (Å²) in [6, 6.07) is 6.03. The molecule has 1 aliphatic heterocycles. The highest BCUT2D eigenvalue weighted by Gasteiger charge is 2.25. The van der Waals surface area contributed by atoms with Crippen molar-refractivity contribution in [2.24, 2.45) is 11.1 Å². The van der Waals surface area contributed by atoms with Crippen molar-refractivity contribution in [1.82, 2.24) is 10.6 Å². The molecule has 1 unspecified atom stereocenters. The second-order valence-corrected chi connectivity index (χ2v) is 6.26. The Morgan fingerprint density at radius 2 is 1.95 bits per heavy atom. The molecule has 1 heterocycles. The first-order valence-electron chi connectivity index (χ1n) is 6.02. The second-order valence-electron chi connectivity index (χ2n) is 4.70. The molecule has 1 aromatic rings. The van der Waals surface area contributed by atoms with E-state index in [1.54, 1.807) is 12.1 Å². The van der Waals surface area contributed by atoms with Gasteiger partial charge in [-0.2, -0.15) is 0 Å². The first-order valence-corrected chi connectivity index (χ1v) is 7.56. The fraction of sp³-hybridized carbons (Fsp3) is 0.417. The number of hydrogen-bond acceptors (Lipinski definition) is 4. The lowest BCUT2D eigenvalue weighted by atomic mass is 10.0. The smallest absolute Gasteiger partial charge is 0.238 e. The molecule has 1 atom stereocenters. The Hall–Kier alpha value is -1.44. The van der Waals surface area contributed by atoms with Gasteiger partial charge in [-0.3, -0.25) is 4.79 Å². The number of sulfonamides is 1. The third-order valence-corrected chi connectivity index (χ3v) is 4.15. The van der Waals surface area contributed by atoms with Gasteiger partial charge in [-0.15, -0.1) is 0 Å². The summed E-state index contributed by atoms with van der Waals surface area (Å²) in [6.07, 6.45) is 0. The Morgan fingerprint density at radius 3 is 2.37 bits per heavy atom. The molecule has 1 amide bonds. The van der Waals surface area contributed by atoms with Gasteiger partial charge in [0, 0.05) is 13.1 Å². The van der Waals surface area contributed by atoms with Crippen LogP contribution in [0.15, 0.2) is 29.2 Å². The fourth-order valence-corrected chi connectivity index (χ4v) is 2.35. The highest BCUT2D eigenvalue weighted by molar-refractivity contribution is 7.89. The third kappa shape index (κ3) is 3.31. The van der Waals surface area contributed by atoms with Gasteiger partial charge in [0.2, 0.25) is 15.9 Å². The molecule has 6 nitrogen and oxygen atoms in total. The van der Waals surface area contributed by atoms with E-state index in [9.17, 15) is 13.2 Å². The van der Waals surface area contributed by atoms with E-state index in [1.807, 2.05) is 6.92 Å². The normalized spacial score (nSPS) is 17.6. The number of carbonyl (C=O) groups excluding carboxylic acids is 1. The van der Waals surface area contributed by atoms with Gasteiger partial charge in [0.05, 0.1) is 16.9 Å². The van der Waals surface area contributed by atoms with E-state index in [-0.39, 0.29) is 22.8 Å². The van der Waals surface area contributed by atoms with Gasteiger partial charge in [0.25, 0.3) is 0 Å². The van der Waals surface area contributed by atoms with Gasteiger partial charge >= 0.3 is 0 Å². The summed E-state index contributed by atoms with van der Waals surface area (Å²) < 4.78 is 22.3. The Labute approximate surface area is 112 Å². The average Bonchev–Trinajstić information content (AvgIpc) is 2.25. The van der Waals surface area contributed by atoms with E-state index in [2.05, 4.69) is 10.6 Å². The van der Waals surface area contributed by atoms with Crippen LogP contribution in [0.4, 0.5) is 0 Å². The van der Waals surface area contributed by atoms with Crippen LogP contribution in [0.5, 0.6) is 0 Å². The van der Waals surface area contributed by atoms with Crippen LogP contribution in [0.1, 0.15) is 18.5 Å². The van der Waals surface area contributed by atoms with Gasteiger partial charge < -0.3 is 10.6 Å². The Balaban J connectivity index is 2.03. The van der Waals surface area contributed by atoms with Crippen LogP contribution in [0.3, 0.4) is 0 Å². The molecule has 1 saturated heterocycles. The van der Waals surface area contributed by atoms with Crippen LogP contribution < -0.4 is 15.8 Å². The summed E-state index contributed by atoms with van der Waals surface area (Å²) in [5.74, 6) is 0.0490. The Bertz CT molecular complexity index is 564. The molecule has 104 valence electrons. The van der Waals surface area contributed by atoms with Crippen molar-refractivity contribution < 1.29 is 13.2 Å². The summed E-state index contributed by atoms with van der Waals surface area (Å²) in [7, 11) is -3.67. The van der Waals surface area contributed by atoms with Crippen LogP contribution in [-0.2, 0) is 14.8 Å². The molecule has 1 aromatic carbocycles. The van der Waals surface area contributed by atoms with Gasteiger partial charge in [-0.25, -0.2) is 13.6 Å². The van der Waals surface area contributed by atoms with E-state index < -0.39 is 10.0 Å². The first kappa shape index (κ1) is 14.0. The maximum Gasteiger partial charge on any atom is 0.238 e. The molecule has 0 radical (unpaired) electrons. The molecule has 0 aliphatic carbocycles. The SMILES string of the molecule is CC(NC(=O)C1CNC1)c1ccc(S(N)(=O)=O)cc1. The highest BCUT2D eigenvalue weighted by Crippen LogP contribution is 2.16.